The summed E-state index contributed by atoms with van der Waals surface area (Å²) in [5.41, 5.74) is 6.27. The van der Waals surface area contributed by atoms with Crippen molar-refractivity contribution < 1.29 is 24.2 Å². The maximum Gasteiger partial charge on any atom is 0.305 e. The summed E-state index contributed by atoms with van der Waals surface area (Å²) >= 11 is 0. The topological polar surface area (TPSA) is 110 Å². The molecule has 1 unspecified atom stereocenters. The fraction of sp³-hybridized carbons (Fsp3) is 0.308. The summed E-state index contributed by atoms with van der Waals surface area (Å²) in [7, 11) is 1.58. The van der Waals surface area contributed by atoms with Gasteiger partial charge in [0, 0.05) is 12.6 Å². The Kier molecular flexibility index (Phi) is 3.71. The third-order valence-electron chi connectivity index (χ3n) is 3.06. The molecule has 1 aliphatic heterocycles. The molecular formula is C13H14N2O5. The summed E-state index contributed by atoms with van der Waals surface area (Å²) in [4.78, 5) is 35.5. The fourth-order valence-electron chi connectivity index (χ4n) is 1.92. The van der Waals surface area contributed by atoms with Gasteiger partial charge in [-0.3, -0.25) is 14.4 Å². The van der Waals surface area contributed by atoms with Crippen LogP contribution in [0.3, 0.4) is 0 Å². The Morgan fingerprint density at radius 2 is 2.20 bits per heavy atom. The van der Waals surface area contributed by atoms with E-state index in [4.69, 9.17) is 15.6 Å². The molecule has 1 amide bonds. The maximum atomic E-state index is 12.0. The standard InChI is InChI=1S/C13H14N2O5/c1-15-9-4-7(13(19)8(14)5-12(17)18)2-3-10(9)20-6-11(15)16/h2-4,8H,5-6,14H2,1H3,(H,17,18). The molecule has 1 aliphatic rings. The van der Waals surface area contributed by atoms with Crippen molar-refractivity contribution in [2.45, 2.75) is 12.5 Å². The zero-order valence-electron chi connectivity index (χ0n) is 10.8. The van der Waals surface area contributed by atoms with Crippen LogP contribution in [0.15, 0.2) is 18.2 Å². The van der Waals surface area contributed by atoms with E-state index < -0.39 is 24.2 Å². The molecule has 1 aromatic carbocycles. The number of nitrogens with zero attached hydrogens (tertiary/aromatic N) is 1. The normalized spacial score (nSPS) is 15.3. The Morgan fingerprint density at radius 1 is 1.50 bits per heavy atom. The number of Topliss-reactive ketones (excluding diaryl/α,β-unsaturated/α-hetero) is 1. The summed E-state index contributed by atoms with van der Waals surface area (Å²) in [6, 6.07) is 3.44. The second-order valence-corrected chi connectivity index (χ2v) is 4.49. The number of likely N-dealkylation sites (N-methyl/N-ethyl adjacent to an activating group) is 1. The summed E-state index contributed by atoms with van der Waals surface area (Å²) in [6.07, 6.45) is -0.443. The van der Waals surface area contributed by atoms with Crippen molar-refractivity contribution in [2.24, 2.45) is 5.73 Å². The van der Waals surface area contributed by atoms with Crippen LogP contribution in [0.25, 0.3) is 0 Å². The van der Waals surface area contributed by atoms with E-state index in [1.165, 1.54) is 17.0 Å². The van der Waals surface area contributed by atoms with Crippen LogP contribution in [0.4, 0.5) is 5.69 Å². The Balaban J connectivity index is 2.29. The Hall–Kier alpha value is -2.41. The Labute approximate surface area is 114 Å². The number of ketones is 1. The van der Waals surface area contributed by atoms with Gasteiger partial charge in [0.25, 0.3) is 5.91 Å². The number of aliphatic carboxylic acids is 1. The van der Waals surface area contributed by atoms with Gasteiger partial charge < -0.3 is 20.5 Å². The lowest BCUT2D eigenvalue weighted by atomic mass is 10.0. The summed E-state index contributed by atoms with van der Waals surface area (Å²) in [5.74, 6) is -1.35. The first kappa shape index (κ1) is 14.0. The molecule has 0 aromatic heterocycles. The highest BCUT2D eigenvalue weighted by atomic mass is 16.5. The lowest BCUT2D eigenvalue weighted by Gasteiger charge is -2.26. The highest BCUT2D eigenvalue weighted by Crippen LogP contribution is 2.32. The molecule has 106 valence electrons. The molecule has 0 radical (unpaired) electrons. The number of carbonyl (C=O) groups is 3. The van der Waals surface area contributed by atoms with E-state index in [0.717, 1.165) is 0 Å². The molecule has 0 saturated heterocycles. The zero-order chi connectivity index (χ0) is 14.9. The molecule has 1 atom stereocenters. The summed E-state index contributed by atoms with van der Waals surface area (Å²) in [6.45, 7) is -0.0463. The minimum absolute atomic E-state index is 0.0463. The quantitative estimate of drug-likeness (QED) is 0.752. The molecule has 1 heterocycles. The molecule has 0 spiro atoms. The lowest BCUT2D eigenvalue weighted by Crippen LogP contribution is -2.36. The van der Waals surface area contributed by atoms with E-state index in [0.29, 0.717) is 11.4 Å². The van der Waals surface area contributed by atoms with Gasteiger partial charge in [-0.2, -0.15) is 0 Å². The number of carboxylic acid groups (broad SMARTS) is 1. The van der Waals surface area contributed by atoms with E-state index in [2.05, 4.69) is 0 Å². The molecule has 2 rings (SSSR count). The smallest absolute Gasteiger partial charge is 0.305 e. The van der Waals surface area contributed by atoms with Crippen LogP contribution in [0.1, 0.15) is 16.8 Å². The summed E-state index contributed by atoms with van der Waals surface area (Å²) < 4.78 is 5.24. The lowest BCUT2D eigenvalue weighted by molar-refractivity contribution is -0.137. The van der Waals surface area contributed by atoms with Crippen molar-refractivity contribution in [1.82, 2.24) is 0 Å². The monoisotopic (exact) mass is 278 g/mol. The van der Waals surface area contributed by atoms with Crippen LogP contribution in [0.5, 0.6) is 5.75 Å². The van der Waals surface area contributed by atoms with Gasteiger partial charge in [0.1, 0.15) is 5.75 Å². The van der Waals surface area contributed by atoms with E-state index in [1.54, 1.807) is 13.1 Å². The largest absolute Gasteiger partial charge is 0.482 e. The van der Waals surface area contributed by atoms with Crippen LogP contribution in [-0.4, -0.2) is 42.5 Å². The molecule has 3 N–H and O–H groups in total. The van der Waals surface area contributed by atoms with Gasteiger partial charge in [-0.25, -0.2) is 0 Å². The van der Waals surface area contributed by atoms with Crippen LogP contribution in [0.2, 0.25) is 0 Å². The first-order chi connectivity index (χ1) is 9.40. The minimum atomic E-state index is -1.14. The summed E-state index contributed by atoms with van der Waals surface area (Å²) in [5, 5.41) is 8.64. The molecule has 0 aliphatic carbocycles. The van der Waals surface area contributed by atoms with Gasteiger partial charge in [0.15, 0.2) is 12.4 Å². The molecule has 7 nitrogen and oxygen atoms in total. The third kappa shape index (κ3) is 2.62. The van der Waals surface area contributed by atoms with Crippen molar-refractivity contribution in [2.75, 3.05) is 18.6 Å². The van der Waals surface area contributed by atoms with E-state index in [-0.39, 0.29) is 18.1 Å². The van der Waals surface area contributed by atoms with Crippen LogP contribution < -0.4 is 15.4 Å². The average molecular weight is 278 g/mol. The third-order valence-corrected chi connectivity index (χ3v) is 3.06. The van der Waals surface area contributed by atoms with Gasteiger partial charge in [-0.05, 0) is 18.2 Å². The number of nitrogens with two attached hydrogens (primary N) is 1. The molecule has 0 fully saturated rings. The predicted octanol–water partition coefficient (Wildman–Crippen LogP) is 0.0265. The number of ether oxygens (including phenoxy) is 1. The first-order valence-electron chi connectivity index (χ1n) is 5.95. The number of carboxylic acids is 1. The molecular weight excluding hydrogens is 264 g/mol. The number of fused-ring (bicyclic) bond motifs is 1. The number of hydrogen-bond donors (Lipinski definition) is 2. The highest BCUT2D eigenvalue weighted by Gasteiger charge is 2.25. The minimum Gasteiger partial charge on any atom is -0.482 e. The van der Waals surface area contributed by atoms with Gasteiger partial charge in [0.2, 0.25) is 0 Å². The molecule has 0 bridgehead atoms. The highest BCUT2D eigenvalue weighted by molar-refractivity contribution is 6.04. The van der Waals surface area contributed by atoms with E-state index in [1.807, 2.05) is 0 Å². The van der Waals surface area contributed by atoms with Crippen molar-refractivity contribution in [1.29, 1.82) is 0 Å². The number of carbonyl (C=O) groups excluding carboxylic acids is 2. The molecule has 1 aromatic rings. The maximum absolute atomic E-state index is 12.0. The Morgan fingerprint density at radius 3 is 2.85 bits per heavy atom. The van der Waals surface area contributed by atoms with Crippen molar-refractivity contribution in [3.05, 3.63) is 23.8 Å². The zero-order valence-corrected chi connectivity index (χ0v) is 10.8. The number of hydrogen-bond acceptors (Lipinski definition) is 5. The van der Waals surface area contributed by atoms with Crippen LogP contribution in [-0.2, 0) is 9.59 Å². The SMILES string of the molecule is CN1C(=O)COc2ccc(C(=O)C(N)CC(=O)O)cc21. The second kappa shape index (κ2) is 5.30. The van der Waals surface area contributed by atoms with Crippen LogP contribution in [0, 0.1) is 0 Å². The van der Waals surface area contributed by atoms with Crippen molar-refractivity contribution in [3.63, 3.8) is 0 Å². The number of amides is 1. The van der Waals surface area contributed by atoms with Crippen LogP contribution >= 0.6 is 0 Å². The van der Waals surface area contributed by atoms with Gasteiger partial charge in [0.05, 0.1) is 18.2 Å². The predicted molar refractivity (Wildman–Crippen MR) is 69.9 cm³/mol. The number of anilines is 1. The van der Waals surface area contributed by atoms with E-state index in [9.17, 15) is 14.4 Å². The number of rotatable bonds is 4. The second-order valence-electron chi connectivity index (χ2n) is 4.49. The molecule has 0 saturated carbocycles. The van der Waals surface area contributed by atoms with Gasteiger partial charge >= 0.3 is 5.97 Å². The van der Waals surface area contributed by atoms with Gasteiger partial charge in [-0.1, -0.05) is 0 Å². The molecule has 7 heteroatoms. The van der Waals surface area contributed by atoms with Gasteiger partial charge in [-0.15, -0.1) is 0 Å². The first-order valence-corrected chi connectivity index (χ1v) is 5.95. The average Bonchev–Trinajstić information content (AvgIpc) is 2.41. The Bertz CT molecular complexity index is 584. The van der Waals surface area contributed by atoms with Crippen molar-refractivity contribution >= 4 is 23.3 Å². The van der Waals surface area contributed by atoms with E-state index >= 15 is 0 Å². The fourth-order valence-corrected chi connectivity index (χ4v) is 1.92. The number of benzene rings is 1. The van der Waals surface area contributed by atoms with Crippen molar-refractivity contribution in [3.8, 4) is 5.75 Å². The molecule has 20 heavy (non-hydrogen) atoms.